The van der Waals surface area contributed by atoms with E-state index in [9.17, 15) is 18.7 Å². The zero-order valence-corrected chi connectivity index (χ0v) is 23.4. The van der Waals surface area contributed by atoms with Crippen LogP contribution in [0, 0.1) is 11.2 Å². The van der Waals surface area contributed by atoms with Crippen LogP contribution in [0.5, 0.6) is 0 Å². The van der Waals surface area contributed by atoms with Crippen molar-refractivity contribution < 1.29 is 23.1 Å². The molecule has 2 aliphatic rings. The summed E-state index contributed by atoms with van der Waals surface area (Å²) in [5.74, 6) is -2.99. The lowest BCUT2D eigenvalue weighted by molar-refractivity contribution is -0.126. The molecule has 1 saturated heterocycles. The van der Waals surface area contributed by atoms with Gasteiger partial charge in [0.15, 0.2) is 0 Å². The number of fused-ring (bicyclic) bond motifs is 1. The largest absolute Gasteiger partial charge is 0.390 e. The minimum Gasteiger partial charge on any atom is -0.390 e. The quantitative estimate of drug-likeness (QED) is 0.249. The van der Waals surface area contributed by atoms with E-state index in [1.807, 2.05) is 6.92 Å². The monoisotopic (exact) mass is 599 g/mol. The van der Waals surface area contributed by atoms with Gasteiger partial charge in [-0.3, -0.25) is 14.8 Å². The lowest BCUT2D eigenvalue weighted by Crippen LogP contribution is -2.67. The Hall–Kier alpha value is -3.41. The molecule has 1 saturated carbocycles. The van der Waals surface area contributed by atoms with Gasteiger partial charge in [-0.1, -0.05) is 29.4 Å². The zero-order valence-electron chi connectivity index (χ0n) is 21.9. The first-order chi connectivity index (χ1) is 19.5. The van der Waals surface area contributed by atoms with E-state index >= 15 is 4.39 Å². The number of aliphatic hydroxyl groups is 1. The van der Waals surface area contributed by atoms with Crippen LogP contribution in [-0.4, -0.2) is 50.4 Å². The first-order valence-electron chi connectivity index (χ1n) is 12.9. The summed E-state index contributed by atoms with van der Waals surface area (Å²) < 4.78 is 41.3. The van der Waals surface area contributed by atoms with Crippen LogP contribution in [-0.2, 0) is 6.54 Å². The molecule has 12 heteroatoms. The van der Waals surface area contributed by atoms with Gasteiger partial charge in [-0.2, -0.15) is 8.78 Å². The summed E-state index contributed by atoms with van der Waals surface area (Å²) in [7, 11) is 0. The molecule has 1 aliphatic carbocycles. The van der Waals surface area contributed by atoms with E-state index < -0.39 is 23.1 Å². The van der Waals surface area contributed by atoms with Crippen LogP contribution in [0.4, 0.5) is 19.0 Å². The van der Waals surface area contributed by atoms with Gasteiger partial charge in [-0.25, -0.2) is 9.37 Å². The maximum absolute atomic E-state index is 15.8. The Morgan fingerprint density at radius 3 is 2.68 bits per heavy atom. The maximum atomic E-state index is 15.8. The third kappa shape index (κ3) is 5.71. The number of rotatable bonds is 7. The minimum absolute atomic E-state index is 0.0127. The van der Waals surface area contributed by atoms with Crippen LogP contribution in [0.15, 0.2) is 59.9 Å². The van der Waals surface area contributed by atoms with Gasteiger partial charge in [0.2, 0.25) is 0 Å². The highest BCUT2D eigenvalue weighted by atomic mass is 35.5. The number of nitrogens with zero attached hydrogens (tertiary/aromatic N) is 4. The van der Waals surface area contributed by atoms with E-state index in [0.29, 0.717) is 39.7 Å². The Bertz CT molecular complexity index is 1660. The summed E-state index contributed by atoms with van der Waals surface area (Å²) in [6, 6.07) is 9.04. The van der Waals surface area contributed by atoms with Gasteiger partial charge in [0.25, 0.3) is 11.7 Å². The molecule has 2 aromatic heterocycles. The topological polar surface area (TPSA) is 91.2 Å². The molecule has 2 aromatic carbocycles. The molecule has 41 heavy (non-hydrogen) atoms. The van der Waals surface area contributed by atoms with Crippen molar-refractivity contribution in [1.29, 1.82) is 0 Å². The van der Waals surface area contributed by atoms with Crippen molar-refractivity contribution in [3.8, 4) is 11.3 Å². The van der Waals surface area contributed by atoms with Crippen molar-refractivity contribution in [2.45, 2.75) is 42.6 Å². The van der Waals surface area contributed by atoms with Crippen LogP contribution >= 0.6 is 23.4 Å². The fourth-order valence-electron chi connectivity index (χ4n) is 6.01. The molecule has 212 valence electrons. The second kappa shape index (κ2) is 10.5. The number of carbonyl (C=O) groups is 1. The molecule has 0 bridgehead atoms. The van der Waals surface area contributed by atoms with E-state index in [-0.39, 0.29) is 33.0 Å². The number of aromatic nitrogens is 3. The smallest absolute Gasteiger partial charge is 0.288 e. The van der Waals surface area contributed by atoms with Crippen LogP contribution in [0.25, 0.3) is 22.0 Å². The summed E-state index contributed by atoms with van der Waals surface area (Å²) in [5, 5.41) is 13.9. The lowest BCUT2D eigenvalue weighted by atomic mass is 9.56. The average Bonchev–Trinajstić information content (AvgIpc) is 2.88. The molecule has 0 atom stereocenters. The van der Waals surface area contributed by atoms with Gasteiger partial charge < -0.3 is 15.3 Å². The molecule has 2 N–H and O–H groups in total. The highest BCUT2D eigenvalue weighted by Crippen LogP contribution is 2.54. The molecule has 3 heterocycles. The minimum atomic E-state index is -2.65. The van der Waals surface area contributed by atoms with Crippen molar-refractivity contribution in [3.63, 3.8) is 0 Å². The normalized spacial score (nSPS) is 17.0. The van der Waals surface area contributed by atoms with Gasteiger partial charge in [0, 0.05) is 56.5 Å². The Morgan fingerprint density at radius 1 is 1.17 bits per heavy atom. The SMILES string of the molecule is CC1(O)CC2(CN(c3cncc(-c4ccc5cnc(CNC(=O)c6cc(Cl)cc(SC(F)F)c6)cc5c4F)n3)C2)C1. The summed E-state index contributed by atoms with van der Waals surface area (Å²) in [6.45, 7) is 3.40. The predicted molar refractivity (Wildman–Crippen MR) is 152 cm³/mol. The zero-order chi connectivity index (χ0) is 28.9. The fraction of sp³-hybridized carbons (Fsp3) is 0.310. The standard InChI is InChI=1S/C29H25ClF3N5O2S/c1-28(40)12-29(13-28)14-38(15-29)24-11-34-10-23(37-24)21-3-2-16-8-35-19(7-22(16)25(21)31)9-36-26(39)17-4-18(30)6-20(5-17)41-27(32)33/h2-8,10-11,27,40H,9,12-15H2,1H3,(H,36,39). The number of hydrogen-bond acceptors (Lipinski definition) is 7. The molecule has 0 unspecified atom stereocenters. The summed E-state index contributed by atoms with van der Waals surface area (Å²) in [5.41, 5.74) is 0.746. The van der Waals surface area contributed by atoms with Gasteiger partial charge >= 0.3 is 0 Å². The molecule has 4 aromatic rings. The van der Waals surface area contributed by atoms with Crippen molar-refractivity contribution in [3.05, 3.63) is 77.1 Å². The van der Waals surface area contributed by atoms with Crippen molar-refractivity contribution in [1.82, 2.24) is 20.3 Å². The fourth-order valence-corrected chi connectivity index (χ4v) is 6.90. The van der Waals surface area contributed by atoms with Gasteiger partial charge in [-0.05, 0) is 50.1 Å². The van der Waals surface area contributed by atoms with E-state index in [4.69, 9.17) is 11.6 Å². The number of pyridine rings is 1. The first kappa shape index (κ1) is 27.7. The second-order valence-corrected chi connectivity index (χ2v) is 12.5. The molecule has 7 nitrogen and oxygen atoms in total. The van der Waals surface area contributed by atoms with E-state index in [0.717, 1.165) is 25.9 Å². The molecule has 1 spiro atoms. The van der Waals surface area contributed by atoms with E-state index in [1.165, 1.54) is 30.6 Å². The Balaban J connectivity index is 1.18. The number of hydrogen-bond donors (Lipinski definition) is 2. The number of halogens is 4. The summed E-state index contributed by atoms with van der Waals surface area (Å²) in [4.78, 5) is 28.2. The number of amides is 1. The molecular weight excluding hydrogens is 575 g/mol. The summed E-state index contributed by atoms with van der Waals surface area (Å²) >= 11 is 6.30. The number of carbonyl (C=O) groups excluding carboxylic acids is 1. The molecule has 2 fully saturated rings. The van der Waals surface area contributed by atoms with Crippen LogP contribution in [0.2, 0.25) is 5.02 Å². The van der Waals surface area contributed by atoms with Gasteiger partial charge in [-0.15, -0.1) is 0 Å². The molecule has 0 radical (unpaired) electrons. The van der Waals surface area contributed by atoms with Crippen molar-refractivity contribution in [2.75, 3.05) is 18.0 Å². The maximum Gasteiger partial charge on any atom is 0.288 e. The van der Waals surface area contributed by atoms with Crippen LogP contribution in [0.3, 0.4) is 0 Å². The third-order valence-electron chi connectivity index (χ3n) is 7.47. The molecular formula is C29H25ClF3N5O2S. The second-order valence-electron chi connectivity index (χ2n) is 11.0. The number of thioether (sulfide) groups is 1. The van der Waals surface area contributed by atoms with Gasteiger partial charge in [0.1, 0.15) is 11.6 Å². The molecule has 1 amide bonds. The van der Waals surface area contributed by atoms with Crippen LogP contribution < -0.4 is 10.2 Å². The number of nitrogens with one attached hydrogen (secondary N) is 1. The van der Waals surface area contributed by atoms with Crippen molar-refractivity contribution in [2.24, 2.45) is 5.41 Å². The summed E-state index contributed by atoms with van der Waals surface area (Å²) in [6.07, 6.45) is 6.22. The van der Waals surface area contributed by atoms with Crippen LogP contribution in [0.1, 0.15) is 35.8 Å². The van der Waals surface area contributed by atoms with E-state index in [2.05, 4.69) is 25.2 Å². The number of benzene rings is 2. The first-order valence-corrected chi connectivity index (χ1v) is 14.2. The molecule has 6 rings (SSSR count). The lowest BCUT2D eigenvalue weighted by Gasteiger charge is -2.61. The highest BCUT2D eigenvalue weighted by molar-refractivity contribution is 7.99. The number of anilines is 1. The Labute approximate surface area is 243 Å². The van der Waals surface area contributed by atoms with Crippen molar-refractivity contribution >= 4 is 45.9 Å². The van der Waals surface area contributed by atoms with E-state index in [1.54, 1.807) is 24.4 Å². The Kier molecular flexibility index (Phi) is 7.07. The average molecular weight is 600 g/mol. The predicted octanol–water partition coefficient (Wildman–Crippen LogP) is 6.08. The highest BCUT2D eigenvalue weighted by Gasteiger charge is 2.57. The molecule has 1 aliphatic heterocycles. The Morgan fingerprint density at radius 2 is 1.95 bits per heavy atom. The van der Waals surface area contributed by atoms with Gasteiger partial charge in [0.05, 0.1) is 35.9 Å². The third-order valence-corrected chi connectivity index (χ3v) is 8.37. The number of alkyl halides is 2.